The van der Waals surface area contributed by atoms with Crippen molar-refractivity contribution in [2.45, 2.75) is 6.92 Å². The van der Waals surface area contributed by atoms with Crippen molar-refractivity contribution >= 4 is 38.5 Å². The minimum absolute atomic E-state index is 0.150. The van der Waals surface area contributed by atoms with Gasteiger partial charge in [0.25, 0.3) is 5.91 Å². The molecule has 6 nitrogen and oxygen atoms in total. The van der Waals surface area contributed by atoms with Gasteiger partial charge >= 0.3 is 0 Å². The summed E-state index contributed by atoms with van der Waals surface area (Å²) in [6, 6.07) is 10.1. The molecule has 0 aliphatic carbocycles. The maximum Gasteiger partial charge on any atom is 0.270 e. The summed E-state index contributed by atoms with van der Waals surface area (Å²) in [6.07, 6.45) is 1.71. The van der Waals surface area contributed by atoms with E-state index in [1.165, 1.54) is 0 Å². The third-order valence-electron chi connectivity index (χ3n) is 5.54. The molecule has 0 bridgehead atoms. The van der Waals surface area contributed by atoms with Crippen LogP contribution in [0, 0.1) is 6.92 Å². The van der Waals surface area contributed by atoms with Gasteiger partial charge in [-0.2, -0.15) is 0 Å². The number of hydrogen-bond donors (Lipinski definition) is 1. The maximum atomic E-state index is 12.9. The van der Waals surface area contributed by atoms with E-state index in [4.69, 9.17) is 4.74 Å². The fraction of sp³-hybridized carbons (Fsp3) is 0.304. The van der Waals surface area contributed by atoms with E-state index in [2.05, 4.69) is 41.0 Å². The minimum atomic E-state index is -0.150. The van der Waals surface area contributed by atoms with E-state index in [9.17, 15) is 4.79 Å². The van der Waals surface area contributed by atoms with Crippen LogP contribution in [0.3, 0.4) is 0 Å². The molecule has 4 rings (SSSR count). The number of benzene rings is 2. The van der Waals surface area contributed by atoms with Crippen molar-refractivity contribution in [3.63, 3.8) is 0 Å². The van der Waals surface area contributed by atoms with Gasteiger partial charge in [-0.3, -0.25) is 9.78 Å². The summed E-state index contributed by atoms with van der Waals surface area (Å²) < 4.78 is 7.83. The molecule has 0 fully saturated rings. The Hall–Kier alpha value is -3.12. The molecular weight excluding hydrogens is 364 g/mol. The SMILES string of the molecule is COc1cccc2c1c1cc3c(C(=O)NCCN(C)C)nccc3c(C)c1n2C. The lowest BCUT2D eigenvalue weighted by molar-refractivity contribution is 0.0948. The number of amides is 1. The number of nitrogens with one attached hydrogen (secondary N) is 1. The summed E-state index contributed by atoms with van der Waals surface area (Å²) in [6.45, 7) is 3.46. The lowest BCUT2D eigenvalue weighted by Crippen LogP contribution is -2.31. The monoisotopic (exact) mass is 390 g/mol. The molecule has 0 aliphatic rings. The van der Waals surface area contributed by atoms with Gasteiger partial charge in [0.15, 0.2) is 0 Å². The van der Waals surface area contributed by atoms with Crippen molar-refractivity contribution in [1.82, 2.24) is 19.8 Å². The van der Waals surface area contributed by atoms with E-state index in [1.807, 2.05) is 37.2 Å². The van der Waals surface area contributed by atoms with Crippen LogP contribution < -0.4 is 10.1 Å². The van der Waals surface area contributed by atoms with Crippen molar-refractivity contribution in [1.29, 1.82) is 0 Å². The van der Waals surface area contributed by atoms with Crippen molar-refractivity contribution < 1.29 is 9.53 Å². The van der Waals surface area contributed by atoms with Crippen LogP contribution in [0.15, 0.2) is 36.5 Å². The Labute approximate surface area is 170 Å². The van der Waals surface area contributed by atoms with Crippen molar-refractivity contribution in [3.8, 4) is 5.75 Å². The Bertz CT molecular complexity index is 1240. The Kier molecular flexibility index (Phi) is 4.88. The third-order valence-corrected chi connectivity index (χ3v) is 5.54. The molecule has 0 saturated carbocycles. The second-order valence-electron chi connectivity index (χ2n) is 7.63. The number of nitrogens with zero attached hydrogens (tertiary/aromatic N) is 3. The van der Waals surface area contributed by atoms with Crippen LogP contribution >= 0.6 is 0 Å². The summed E-state index contributed by atoms with van der Waals surface area (Å²) in [5, 5.41) is 7.00. The molecule has 2 aromatic heterocycles. The molecule has 0 radical (unpaired) electrons. The molecule has 0 unspecified atom stereocenters. The summed E-state index contributed by atoms with van der Waals surface area (Å²) >= 11 is 0. The van der Waals surface area contributed by atoms with Crippen LogP contribution in [0.25, 0.3) is 32.6 Å². The molecule has 0 spiro atoms. The van der Waals surface area contributed by atoms with Gasteiger partial charge in [0.1, 0.15) is 11.4 Å². The molecule has 0 atom stereocenters. The highest BCUT2D eigenvalue weighted by molar-refractivity contribution is 6.19. The molecule has 4 aromatic rings. The Balaban J connectivity index is 1.97. The molecule has 2 heterocycles. The second-order valence-corrected chi connectivity index (χ2v) is 7.63. The summed E-state index contributed by atoms with van der Waals surface area (Å²) in [5.74, 6) is 0.677. The first-order valence-electron chi connectivity index (χ1n) is 9.70. The average molecular weight is 390 g/mol. The number of fused-ring (bicyclic) bond motifs is 4. The topological polar surface area (TPSA) is 59.4 Å². The number of carbonyl (C=O) groups excluding carboxylic acids is 1. The number of pyridine rings is 1. The highest BCUT2D eigenvalue weighted by Crippen LogP contribution is 2.39. The number of aromatic nitrogens is 2. The lowest BCUT2D eigenvalue weighted by atomic mass is 9.99. The summed E-state index contributed by atoms with van der Waals surface area (Å²) in [7, 11) is 7.72. The number of hydrogen-bond acceptors (Lipinski definition) is 4. The third kappa shape index (κ3) is 3.09. The molecule has 29 heavy (non-hydrogen) atoms. The Morgan fingerprint density at radius 2 is 2.00 bits per heavy atom. The number of rotatable bonds is 5. The van der Waals surface area contributed by atoms with Crippen LogP contribution in [0.1, 0.15) is 16.1 Å². The Morgan fingerprint density at radius 1 is 1.21 bits per heavy atom. The van der Waals surface area contributed by atoms with E-state index in [1.54, 1.807) is 13.3 Å². The summed E-state index contributed by atoms with van der Waals surface area (Å²) in [4.78, 5) is 19.3. The normalized spacial score (nSPS) is 11.7. The molecular formula is C23H26N4O2. The van der Waals surface area contributed by atoms with Crippen molar-refractivity contribution in [2.75, 3.05) is 34.3 Å². The van der Waals surface area contributed by atoms with E-state index >= 15 is 0 Å². The van der Waals surface area contributed by atoms with Gasteiger partial charge in [0.05, 0.1) is 18.1 Å². The molecule has 1 N–H and O–H groups in total. The van der Waals surface area contributed by atoms with E-state index in [0.717, 1.165) is 50.4 Å². The van der Waals surface area contributed by atoms with E-state index in [0.29, 0.717) is 12.2 Å². The van der Waals surface area contributed by atoms with Gasteiger partial charge < -0.3 is 19.5 Å². The standard InChI is InChI=1S/C23H26N4O2/c1-14-15-9-10-24-21(23(28)25-11-12-26(2)3)16(15)13-17-20-18(27(4)22(14)17)7-6-8-19(20)29-5/h6-10,13H,11-12H2,1-5H3,(H,25,28). The predicted molar refractivity (Wildman–Crippen MR) is 118 cm³/mol. The van der Waals surface area contributed by atoms with Gasteiger partial charge in [-0.1, -0.05) is 6.07 Å². The van der Waals surface area contributed by atoms with Crippen LogP contribution in [0.5, 0.6) is 5.75 Å². The number of aryl methyl sites for hydroxylation is 2. The van der Waals surface area contributed by atoms with E-state index < -0.39 is 0 Å². The van der Waals surface area contributed by atoms with Crippen molar-refractivity contribution in [3.05, 3.63) is 47.8 Å². The zero-order valence-electron chi connectivity index (χ0n) is 17.5. The first-order chi connectivity index (χ1) is 13.9. The van der Waals surface area contributed by atoms with Gasteiger partial charge in [0.2, 0.25) is 0 Å². The lowest BCUT2D eigenvalue weighted by Gasteiger charge is -2.12. The first-order valence-corrected chi connectivity index (χ1v) is 9.70. The number of likely N-dealkylation sites (N-methyl/N-ethyl adjacent to an activating group) is 1. The fourth-order valence-electron chi connectivity index (χ4n) is 4.13. The quantitative estimate of drug-likeness (QED) is 0.567. The van der Waals surface area contributed by atoms with E-state index in [-0.39, 0.29) is 5.91 Å². The largest absolute Gasteiger partial charge is 0.496 e. The predicted octanol–water partition coefficient (Wildman–Crippen LogP) is 3.49. The minimum Gasteiger partial charge on any atom is -0.496 e. The van der Waals surface area contributed by atoms with Crippen LogP contribution in [0.2, 0.25) is 0 Å². The smallest absolute Gasteiger partial charge is 0.270 e. The molecule has 0 aliphatic heterocycles. The molecule has 2 aromatic carbocycles. The van der Waals surface area contributed by atoms with Crippen LogP contribution in [-0.2, 0) is 7.05 Å². The molecule has 0 saturated heterocycles. The van der Waals surface area contributed by atoms with Crippen molar-refractivity contribution in [2.24, 2.45) is 7.05 Å². The highest BCUT2D eigenvalue weighted by atomic mass is 16.5. The zero-order chi connectivity index (χ0) is 20.7. The molecule has 6 heteroatoms. The molecule has 150 valence electrons. The van der Waals surface area contributed by atoms with Gasteiger partial charge in [0, 0.05) is 42.5 Å². The zero-order valence-corrected chi connectivity index (χ0v) is 17.5. The van der Waals surface area contributed by atoms with Gasteiger partial charge in [-0.05, 0) is 56.2 Å². The van der Waals surface area contributed by atoms with Crippen LogP contribution in [0.4, 0.5) is 0 Å². The van der Waals surface area contributed by atoms with Crippen LogP contribution in [-0.4, -0.2) is 54.7 Å². The first kappa shape index (κ1) is 19.2. The average Bonchev–Trinajstić information content (AvgIpc) is 3.00. The Morgan fingerprint density at radius 3 is 2.72 bits per heavy atom. The molecule has 1 amide bonds. The highest BCUT2D eigenvalue weighted by Gasteiger charge is 2.19. The number of ether oxygens (including phenoxy) is 1. The number of carbonyl (C=O) groups is 1. The maximum absolute atomic E-state index is 12.9. The van der Waals surface area contributed by atoms with Gasteiger partial charge in [-0.25, -0.2) is 0 Å². The fourth-order valence-corrected chi connectivity index (χ4v) is 4.13. The van der Waals surface area contributed by atoms with Gasteiger partial charge in [-0.15, -0.1) is 0 Å². The second kappa shape index (κ2) is 7.37. The number of methoxy groups -OCH3 is 1. The summed E-state index contributed by atoms with van der Waals surface area (Å²) in [5.41, 5.74) is 3.83.